The third-order valence-corrected chi connectivity index (χ3v) is 22.0. The summed E-state index contributed by atoms with van der Waals surface area (Å²) in [6.07, 6.45) is 21.9. The summed E-state index contributed by atoms with van der Waals surface area (Å²) in [4.78, 5) is 7.22. The van der Waals surface area contributed by atoms with Crippen molar-refractivity contribution in [3.05, 3.63) is 451 Å². The zero-order valence-electron chi connectivity index (χ0n) is 67.5. The number of para-hydroxylation sites is 2. The van der Waals surface area contributed by atoms with Crippen molar-refractivity contribution in [1.82, 2.24) is 0 Å². The first-order valence-electron chi connectivity index (χ1n) is 39.9. The van der Waals surface area contributed by atoms with Crippen LogP contribution >= 0.6 is 0 Å². The van der Waals surface area contributed by atoms with Crippen molar-refractivity contribution in [2.24, 2.45) is 0 Å². The normalized spacial score (nSPS) is 12.0. The van der Waals surface area contributed by atoms with Gasteiger partial charge in [0.15, 0.2) is 0 Å². The molecule has 556 valence electrons. The molecule has 14 aromatic carbocycles. The number of hydrogen-bond donors (Lipinski definition) is 0. The fraction of sp³-hybridized carbons (Fsp3) is 0.127. The molecular weight excluding hydrogens is 1360 g/mol. The average molecular weight is 1470 g/mol. The monoisotopic (exact) mass is 1460 g/mol. The maximum Gasteiger partial charge on any atom is 0.0522 e. The second-order valence-electron chi connectivity index (χ2n) is 29.9. The summed E-state index contributed by atoms with van der Waals surface area (Å²) in [5, 5.41) is 0. The Hall–Kier alpha value is -13.1. The van der Waals surface area contributed by atoms with E-state index < -0.39 is 0 Å². The molecule has 0 N–H and O–H groups in total. The Morgan fingerprint density at radius 3 is 1.18 bits per heavy atom. The molecule has 3 nitrogen and oxygen atoms in total. The van der Waals surface area contributed by atoms with Crippen molar-refractivity contribution in [3.8, 4) is 22.3 Å². The van der Waals surface area contributed by atoms with Gasteiger partial charge in [0.2, 0.25) is 0 Å². The summed E-state index contributed by atoms with van der Waals surface area (Å²) in [5.74, 6) is 0. The van der Waals surface area contributed by atoms with Crippen molar-refractivity contribution >= 4 is 93.1 Å². The molecule has 0 unspecified atom stereocenters. The van der Waals surface area contributed by atoms with Gasteiger partial charge in [-0.25, -0.2) is 0 Å². The van der Waals surface area contributed by atoms with E-state index >= 15 is 0 Å². The third-order valence-electron chi connectivity index (χ3n) is 22.0. The summed E-state index contributed by atoms with van der Waals surface area (Å²) in [7, 11) is 0. The first kappa shape index (κ1) is 76.7. The highest BCUT2D eigenvalue weighted by Crippen LogP contribution is 2.44. The van der Waals surface area contributed by atoms with Crippen molar-refractivity contribution in [1.29, 1.82) is 0 Å². The van der Waals surface area contributed by atoms with E-state index in [1.807, 2.05) is 0 Å². The van der Waals surface area contributed by atoms with Gasteiger partial charge in [-0.2, -0.15) is 0 Å². The van der Waals surface area contributed by atoms with Gasteiger partial charge in [0, 0.05) is 39.8 Å². The Bertz CT molecular complexity index is 5850. The summed E-state index contributed by atoms with van der Waals surface area (Å²) in [6.45, 7) is 26.4. The minimum Gasteiger partial charge on any atom is -0.310 e. The molecule has 0 atom stereocenters. The van der Waals surface area contributed by atoms with Crippen molar-refractivity contribution in [3.63, 3.8) is 0 Å². The molecule has 0 aliphatic heterocycles. The van der Waals surface area contributed by atoms with Gasteiger partial charge in [0.25, 0.3) is 0 Å². The van der Waals surface area contributed by atoms with Crippen LogP contribution in [0.5, 0.6) is 0 Å². The van der Waals surface area contributed by atoms with Gasteiger partial charge >= 0.3 is 0 Å². The molecular formula is C110H101N3. The van der Waals surface area contributed by atoms with Crippen LogP contribution in [0, 0.1) is 55.4 Å². The second kappa shape index (κ2) is 35.3. The highest BCUT2D eigenvalue weighted by atomic mass is 15.2. The van der Waals surface area contributed by atoms with E-state index in [1.165, 1.54) is 117 Å². The van der Waals surface area contributed by atoms with Gasteiger partial charge in [0.05, 0.1) is 11.4 Å². The Balaban J connectivity index is 0.674. The van der Waals surface area contributed by atoms with Crippen LogP contribution < -0.4 is 14.7 Å². The summed E-state index contributed by atoms with van der Waals surface area (Å²) >= 11 is 0. The molecule has 0 spiro atoms. The zero-order valence-corrected chi connectivity index (χ0v) is 67.5. The summed E-state index contributed by atoms with van der Waals surface area (Å²) in [5.41, 5.74) is 41.7. The molecule has 0 saturated carbocycles. The molecule has 0 aliphatic rings. The Morgan fingerprint density at radius 2 is 0.708 bits per heavy atom. The lowest BCUT2D eigenvalue weighted by atomic mass is 9.91. The minimum absolute atomic E-state index is 0.865. The number of aryl methyl sites for hydroxylation is 10. The number of anilines is 8. The predicted octanol–water partition coefficient (Wildman–Crippen LogP) is 30.7. The lowest BCUT2D eigenvalue weighted by Gasteiger charge is -2.30. The van der Waals surface area contributed by atoms with E-state index in [4.69, 9.17) is 0 Å². The Kier molecular flexibility index (Phi) is 24.0. The van der Waals surface area contributed by atoms with Crippen molar-refractivity contribution in [2.75, 3.05) is 14.7 Å². The van der Waals surface area contributed by atoms with Crippen LogP contribution in [0.15, 0.2) is 339 Å². The van der Waals surface area contributed by atoms with Gasteiger partial charge in [-0.15, -0.1) is 0 Å². The van der Waals surface area contributed by atoms with Crippen LogP contribution in [0.1, 0.15) is 139 Å². The molecule has 0 aromatic heterocycles. The second-order valence-corrected chi connectivity index (χ2v) is 29.9. The number of benzene rings is 14. The van der Waals surface area contributed by atoms with E-state index in [1.54, 1.807) is 0 Å². The highest BCUT2D eigenvalue weighted by Gasteiger charge is 2.23. The van der Waals surface area contributed by atoms with Crippen molar-refractivity contribution in [2.45, 2.75) is 95.9 Å². The number of hydrogen-bond acceptors (Lipinski definition) is 3. The summed E-state index contributed by atoms with van der Waals surface area (Å²) < 4.78 is 0. The quantitative estimate of drug-likeness (QED) is 0.0441. The summed E-state index contributed by atoms with van der Waals surface area (Å²) in [6, 6.07) is 116. The van der Waals surface area contributed by atoms with Gasteiger partial charge in [0.1, 0.15) is 0 Å². The minimum atomic E-state index is 0.865. The van der Waals surface area contributed by atoms with Crippen LogP contribution in [-0.4, -0.2) is 0 Å². The van der Waals surface area contributed by atoms with Crippen LogP contribution in [0.25, 0.3) is 69.9 Å². The van der Waals surface area contributed by atoms with E-state index in [-0.39, 0.29) is 0 Å². The zero-order chi connectivity index (χ0) is 78.5. The van der Waals surface area contributed by atoms with Crippen molar-refractivity contribution < 1.29 is 0 Å². The number of nitrogens with zero attached hydrogens (tertiary/aromatic N) is 3. The molecule has 3 heteroatoms. The SMILES string of the molecule is CC=CC(=CC)N(c1ccc(C=Cc2ccc(-c3ccc(C=Cc4ccc(N(c5ccccc5)c5c(C)cccc5CC)cc4)cc3)cc2)cc1)c1c(C)cc(-c2ccc(C(=Cc3ccc(N(c4ccc(C=C(c5ccccc5)c5ccc(C)c(C)c5)cc4)c4ccc(C)cc4C)cc3)c3ccc(C)c(C)c3)cc2)cc1CC. The fourth-order valence-electron chi connectivity index (χ4n) is 15.4. The largest absolute Gasteiger partial charge is 0.310 e. The van der Waals surface area contributed by atoms with E-state index in [9.17, 15) is 0 Å². The first-order valence-corrected chi connectivity index (χ1v) is 39.9. The van der Waals surface area contributed by atoms with Gasteiger partial charge < -0.3 is 14.7 Å². The molecule has 0 radical (unpaired) electrons. The Morgan fingerprint density at radius 1 is 0.283 bits per heavy atom. The van der Waals surface area contributed by atoms with E-state index in [2.05, 4.69) is 468 Å². The number of rotatable bonds is 24. The number of allylic oxidation sites excluding steroid dienone is 3. The van der Waals surface area contributed by atoms with Gasteiger partial charge in [-0.1, -0.05) is 292 Å². The molecule has 0 bridgehead atoms. The van der Waals surface area contributed by atoms with E-state index in [0.29, 0.717) is 0 Å². The molecule has 0 aliphatic carbocycles. The average Bonchev–Trinajstić information content (AvgIpc) is 0.784. The molecule has 113 heavy (non-hydrogen) atoms. The third kappa shape index (κ3) is 17.7. The van der Waals surface area contributed by atoms with Crippen LogP contribution in [0.3, 0.4) is 0 Å². The molecule has 14 rings (SSSR count). The topological polar surface area (TPSA) is 9.72 Å². The predicted molar refractivity (Wildman–Crippen MR) is 491 cm³/mol. The molecule has 0 amide bonds. The van der Waals surface area contributed by atoms with Crippen LogP contribution in [-0.2, 0) is 12.8 Å². The molecule has 14 aromatic rings. The smallest absolute Gasteiger partial charge is 0.0522 e. The standard InChI is InChI=1S/C110H101N3/c1-13-24-100(16-4)112(104-60-42-86(43-61-104)36-34-84-38-52-92(53-39-84)93-54-40-85(41-55-93)35-37-87-44-62-105(63-45-87)113(101-29-21-18-22-30-101)109-79(8)25-23-28-90(109)14-2)110-83(12)72-99(75-91(110)15-3)94-56-58-96(59-57-94)107(98-51-33-78(7)81(10)71-98)74-89-48-66-103(67-49-89)111(108-68-31-76(5)69-82(108)11)102-64-46-88(47-65-102)73-106(95-26-19-17-20-27-95)97-50-32-77(6)80(9)70-97/h13,16-75H,14-15H2,1-12H3. The van der Waals surface area contributed by atoms with E-state index in [0.717, 1.165) is 91.6 Å². The molecule has 0 fully saturated rings. The fourth-order valence-corrected chi connectivity index (χ4v) is 15.4. The first-order chi connectivity index (χ1) is 55.1. The van der Waals surface area contributed by atoms with Gasteiger partial charge in [-0.3, -0.25) is 0 Å². The maximum absolute atomic E-state index is 2.43. The molecule has 0 saturated heterocycles. The van der Waals surface area contributed by atoms with Crippen LogP contribution in [0.4, 0.5) is 45.5 Å². The van der Waals surface area contributed by atoms with Crippen LogP contribution in [0.2, 0.25) is 0 Å². The lowest BCUT2D eigenvalue weighted by molar-refractivity contribution is 1.08. The maximum atomic E-state index is 2.43. The Labute approximate surface area is 672 Å². The molecule has 0 heterocycles. The van der Waals surface area contributed by atoms with Gasteiger partial charge in [-0.05, 0) is 318 Å². The highest BCUT2D eigenvalue weighted by molar-refractivity contribution is 5.95. The lowest BCUT2D eigenvalue weighted by Crippen LogP contribution is -2.18.